The number of rotatable bonds is 6. The predicted octanol–water partition coefficient (Wildman–Crippen LogP) is 3.90. The Balaban J connectivity index is 1.70. The van der Waals surface area contributed by atoms with Crippen molar-refractivity contribution in [3.63, 3.8) is 0 Å². The Labute approximate surface area is 181 Å². The highest BCUT2D eigenvalue weighted by atomic mass is 16.2. The van der Waals surface area contributed by atoms with E-state index in [0.29, 0.717) is 18.9 Å². The molecule has 7 nitrogen and oxygen atoms in total. The molecule has 0 unspecified atom stereocenters. The summed E-state index contributed by atoms with van der Waals surface area (Å²) in [5.41, 5.74) is 3.27. The molecule has 0 saturated heterocycles. The third-order valence-corrected chi connectivity index (χ3v) is 5.30. The Morgan fingerprint density at radius 2 is 1.71 bits per heavy atom. The van der Waals surface area contributed by atoms with Gasteiger partial charge in [-0.25, -0.2) is 9.78 Å². The highest BCUT2D eigenvalue weighted by Crippen LogP contribution is 2.35. The van der Waals surface area contributed by atoms with Gasteiger partial charge in [0.25, 0.3) is 0 Å². The molecule has 1 atom stereocenters. The zero-order valence-electron chi connectivity index (χ0n) is 17.6. The average molecular weight is 415 g/mol. The molecule has 1 aliphatic heterocycles. The standard InChI is InChI=1S/C24H25N5O2/c1-17(25-2)23(30)27-22-14-13-21-20(26-22)16-28(15-18-9-5-3-6-10-18)24(31)29(21)19-11-7-4-8-12-19/h3-14,17,25H,15-16H2,1-2H3,(H,26,27,30)/t17-/m0/s1. The number of hydrogen-bond acceptors (Lipinski definition) is 4. The smallest absolute Gasteiger partial charge is 0.314 e. The fraction of sp³-hybridized carbons (Fsp3) is 0.208. The van der Waals surface area contributed by atoms with Gasteiger partial charge >= 0.3 is 6.03 Å². The van der Waals surface area contributed by atoms with Crippen LogP contribution in [0.2, 0.25) is 0 Å². The van der Waals surface area contributed by atoms with Crippen molar-refractivity contribution in [2.24, 2.45) is 0 Å². The highest BCUT2D eigenvalue weighted by Gasteiger charge is 2.32. The molecule has 0 saturated carbocycles. The fourth-order valence-electron chi connectivity index (χ4n) is 3.50. The van der Waals surface area contributed by atoms with Gasteiger partial charge < -0.3 is 15.5 Å². The first-order valence-electron chi connectivity index (χ1n) is 10.2. The van der Waals surface area contributed by atoms with E-state index < -0.39 is 0 Å². The first kappa shape index (κ1) is 20.6. The van der Waals surface area contributed by atoms with Crippen LogP contribution in [0.1, 0.15) is 18.2 Å². The third-order valence-electron chi connectivity index (χ3n) is 5.30. The predicted molar refractivity (Wildman–Crippen MR) is 121 cm³/mol. The molecule has 0 bridgehead atoms. The number of aromatic nitrogens is 1. The van der Waals surface area contributed by atoms with Crippen LogP contribution < -0.4 is 15.5 Å². The van der Waals surface area contributed by atoms with Gasteiger partial charge in [0, 0.05) is 6.54 Å². The second-order valence-electron chi connectivity index (χ2n) is 7.46. The second kappa shape index (κ2) is 8.97. The van der Waals surface area contributed by atoms with E-state index in [1.165, 1.54) is 0 Å². The van der Waals surface area contributed by atoms with Crippen molar-refractivity contribution in [3.8, 4) is 0 Å². The van der Waals surface area contributed by atoms with Crippen molar-refractivity contribution in [3.05, 3.63) is 84.1 Å². The number of nitrogens with one attached hydrogen (secondary N) is 2. The van der Waals surface area contributed by atoms with E-state index in [2.05, 4.69) is 15.6 Å². The summed E-state index contributed by atoms with van der Waals surface area (Å²) in [6, 6.07) is 22.5. The van der Waals surface area contributed by atoms with Crippen LogP contribution >= 0.6 is 0 Å². The first-order valence-corrected chi connectivity index (χ1v) is 10.2. The van der Waals surface area contributed by atoms with E-state index in [1.807, 2.05) is 66.7 Å². The quantitative estimate of drug-likeness (QED) is 0.640. The van der Waals surface area contributed by atoms with Gasteiger partial charge in [0.05, 0.1) is 29.7 Å². The van der Waals surface area contributed by atoms with Gasteiger partial charge in [-0.3, -0.25) is 9.69 Å². The lowest BCUT2D eigenvalue weighted by Gasteiger charge is -2.36. The molecule has 2 aromatic carbocycles. The van der Waals surface area contributed by atoms with Crippen LogP contribution in [0.15, 0.2) is 72.8 Å². The SMILES string of the molecule is CN[C@@H](C)C(=O)Nc1ccc2c(n1)CN(Cc1ccccc1)C(=O)N2c1ccccc1. The zero-order valence-corrected chi connectivity index (χ0v) is 17.6. The van der Waals surface area contributed by atoms with Gasteiger partial charge in [-0.05, 0) is 43.8 Å². The van der Waals surface area contributed by atoms with Crippen molar-refractivity contribution in [1.82, 2.24) is 15.2 Å². The molecule has 0 spiro atoms. The normalized spacial score (nSPS) is 14.2. The molecule has 1 aliphatic rings. The van der Waals surface area contributed by atoms with Crippen LogP contribution in [0.5, 0.6) is 0 Å². The van der Waals surface area contributed by atoms with E-state index in [-0.39, 0.29) is 18.0 Å². The molecular weight excluding hydrogens is 390 g/mol. The summed E-state index contributed by atoms with van der Waals surface area (Å²) in [7, 11) is 1.73. The Morgan fingerprint density at radius 1 is 1.03 bits per heavy atom. The number of nitrogens with zero attached hydrogens (tertiary/aromatic N) is 3. The first-order chi connectivity index (χ1) is 15.1. The Kier molecular flexibility index (Phi) is 5.95. The van der Waals surface area contributed by atoms with Gasteiger partial charge in [0.2, 0.25) is 5.91 Å². The average Bonchev–Trinajstić information content (AvgIpc) is 2.80. The van der Waals surface area contributed by atoms with Gasteiger partial charge in [-0.2, -0.15) is 0 Å². The van der Waals surface area contributed by atoms with Crippen LogP contribution in [0.4, 0.5) is 22.0 Å². The number of anilines is 3. The zero-order chi connectivity index (χ0) is 21.8. The lowest BCUT2D eigenvalue weighted by molar-refractivity contribution is -0.117. The number of para-hydroxylation sites is 1. The molecule has 7 heteroatoms. The van der Waals surface area contributed by atoms with Crippen molar-refractivity contribution in [2.75, 3.05) is 17.3 Å². The molecular formula is C24H25N5O2. The summed E-state index contributed by atoms with van der Waals surface area (Å²) in [5.74, 6) is 0.302. The van der Waals surface area contributed by atoms with E-state index in [4.69, 9.17) is 0 Å². The van der Waals surface area contributed by atoms with E-state index >= 15 is 0 Å². The molecule has 0 radical (unpaired) electrons. The fourth-order valence-corrected chi connectivity index (χ4v) is 3.50. The summed E-state index contributed by atoms with van der Waals surface area (Å²) in [6.45, 7) is 2.61. The molecule has 3 amide bonds. The summed E-state index contributed by atoms with van der Waals surface area (Å²) < 4.78 is 0. The van der Waals surface area contributed by atoms with Gasteiger partial charge in [-0.1, -0.05) is 48.5 Å². The van der Waals surface area contributed by atoms with E-state index in [1.54, 1.807) is 29.8 Å². The van der Waals surface area contributed by atoms with Gasteiger partial charge in [0.15, 0.2) is 0 Å². The Morgan fingerprint density at radius 3 is 2.39 bits per heavy atom. The maximum Gasteiger partial charge on any atom is 0.329 e. The van der Waals surface area contributed by atoms with Crippen LogP contribution in [0, 0.1) is 0 Å². The highest BCUT2D eigenvalue weighted by molar-refractivity contribution is 6.02. The number of carbonyl (C=O) groups excluding carboxylic acids is 2. The van der Waals surface area contributed by atoms with E-state index in [0.717, 1.165) is 22.6 Å². The topological polar surface area (TPSA) is 77.6 Å². The molecule has 158 valence electrons. The number of amides is 3. The largest absolute Gasteiger partial charge is 0.329 e. The van der Waals surface area contributed by atoms with Crippen LogP contribution in [-0.4, -0.2) is 34.9 Å². The minimum absolute atomic E-state index is 0.107. The summed E-state index contributed by atoms with van der Waals surface area (Å²) in [6.07, 6.45) is 0. The molecule has 2 heterocycles. The summed E-state index contributed by atoms with van der Waals surface area (Å²) in [5, 5.41) is 5.75. The monoisotopic (exact) mass is 415 g/mol. The molecule has 0 fully saturated rings. The Bertz CT molecular complexity index is 1070. The second-order valence-corrected chi connectivity index (χ2v) is 7.46. The number of urea groups is 1. The lowest BCUT2D eigenvalue weighted by atomic mass is 10.1. The van der Waals surface area contributed by atoms with Crippen molar-refractivity contribution in [1.29, 1.82) is 0 Å². The van der Waals surface area contributed by atoms with Crippen molar-refractivity contribution >= 4 is 29.1 Å². The molecule has 1 aromatic heterocycles. The molecule has 31 heavy (non-hydrogen) atoms. The summed E-state index contributed by atoms with van der Waals surface area (Å²) in [4.78, 5) is 33.8. The number of carbonyl (C=O) groups is 2. The maximum absolute atomic E-state index is 13.4. The number of hydrogen-bond donors (Lipinski definition) is 2. The number of benzene rings is 2. The number of likely N-dealkylation sites (N-methyl/N-ethyl adjacent to an activating group) is 1. The van der Waals surface area contributed by atoms with E-state index in [9.17, 15) is 9.59 Å². The minimum Gasteiger partial charge on any atom is -0.314 e. The van der Waals surface area contributed by atoms with Crippen molar-refractivity contribution < 1.29 is 9.59 Å². The molecule has 0 aliphatic carbocycles. The minimum atomic E-state index is -0.338. The van der Waals surface area contributed by atoms with Crippen LogP contribution in [-0.2, 0) is 17.9 Å². The van der Waals surface area contributed by atoms with Crippen LogP contribution in [0.3, 0.4) is 0 Å². The van der Waals surface area contributed by atoms with Crippen molar-refractivity contribution in [2.45, 2.75) is 26.1 Å². The lowest BCUT2D eigenvalue weighted by Crippen LogP contribution is -2.44. The number of fused-ring (bicyclic) bond motifs is 1. The third kappa shape index (κ3) is 4.41. The molecule has 2 N–H and O–H groups in total. The number of pyridine rings is 1. The Hall–Kier alpha value is -3.71. The summed E-state index contributed by atoms with van der Waals surface area (Å²) >= 11 is 0. The van der Waals surface area contributed by atoms with Gasteiger partial charge in [-0.15, -0.1) is 0 Å². The molecule has 4 rings (SSSR count). The van der Waals surface area contributed by atoms with Gasteiger partial charge in [0.1, 0.15) is 5.82 Å². The maximum atomic E-state index is 13.4. The van der Waals surface area contributed by atoms with Crippen LogP contribution in [0.25, 0.3) is 0 Å². The molecule has 3 aromatic rings.